The maximum absolute atomic E-state index is 12.3. The average Bonchev–Trinajstić information content (AvgIpc) is 2.85. The second kappa shape index (κ2) is 6.07. The molecule has 1 atom stereocenters. The van der Waals surface area contributed by atoms with Crippen molar-refractivity contribution < 1.29 is 4.79 Å². The molecule has 0 bridgehead atoms. The Bertz CT molecular complexity index is 743. The van der Waals surface area contributed by atoms with Gasteiger partial charge in [-0.1, -0.05) is 25.2 Å². The number of rotatable bonds is 4. The summed E-state index contributed by atoms with van der Waals surface area (Å²) in [6.45, 7) is 7.86. The van der Waals surface area contributed by atoms with Crippen molar-refractivity contribution in [2.45, 2.75) is 40.2 Å². The van der Waals surface area contributed by atoms with Crippen LogP contribution in [0.1, 0.15) is 31.1 Å². The van der Waals surface area contributed by atoms with Gasteiger partial charge in [0.2, 0.25) is 11.0 Å². The number of nitrogens with zero attached hydrogens (tertiary/aromatic N) is 4. The summed E-state index contributed by atoms with van der Waals surface area (Å²) < 4.78 is 0. The van der Waals surface area contributed by atoms with E-state index in [1.165, 1.54) is 11.3 Å². The second-order valence-corrected chi connectivity index (χ2v) is 7.09. The highest BCUT2D eigenvalue weighted by atomic mass is 32.1. The van der Waals surface area contributed by atoms with Crippen molar-refractivity contribution in [3.63, 3.8) is 0 Å². The monoisotopic (exact) mass is 333 g/mol. The largest absolute Gasteiger partial charge is 0.356 e. The van der Waals surface area contributed by atoms with E-state index in [9.17, 15) is 4.79 Å². The Morgan fingerprint density at radius 2 is 2.04 bits per heavy atom. The molecule has 1 aliphatic rings. The lowest BCUT2D eigenvalue weighted by Gasteiger charge is -2.28. The minimum absolute atomic E-state index is 0.0739. The SMILES string of the molecule is Cc1nc(Nc2nnc(C)s2)c2c(n1)NC(CC(C)C)C(=O)N2. The highest BCUT2D eigenvalue weighted by Crippen LogP contribution is 2.34. The first-order valence-electron chi connectivity index (χ1n) is 7.45. The number of aromatic nitrogens is 4. The molecule has 3 rings (SSSR count). The van der Waals surface area contributed by atoms with Crippen LogP contribution < -0.4 is 16.0 Å². The molecule has 3 heterocycles. The van der Waals surface area contributed by atoms with Gasteiger partial charge in [0, 0.05) is 0 Å². The van der Waals surface area contributed by atoms with Crippen LogP contribution in [0, 0.1) is 19.8 Å². The Morgan fingerprint density at radius 1 is 1.26 bits per heavy atom. The summed E-state index contributed by atoms with van der Waals surface area (Å²) in [6, 6.07) is -0.284. The van der Waals surface area contributed by atoms with Crippen molar-refractivity contribution in [3.05, 3.63) is 10.8 Å². The Balaban J connectivity index is 1.92. The number of hydrogen-bond donors (Lipinski definition) is 3. The minimum Gasteiger partial charge on any atom is -0.356 e. The van der Waals surface area contributed by atoms with Crippen LogP contribution in [0.3, 0.4) is 0 Å². The maximum atomic E-state index is 12.3. The molecule has 0 aromatic carbocycles. The van der Waals surface area contributed by atoms with Gasteiger partial charge < -0.3 is 16.0 Å². The van der Waals surface area contributed by atoms with Crippen LogP contribution in [0.5, 0.6) is 0 Å². The van der Waals surface area contributed by atoms with Gasteiger partial charge in [0.15, 0.2) is 11.6 Å². The van der Waals surface area contributed by atoms with E-state index in [4.69, 9.17) is 0 Å². The van der Waals surface area contributed by atoms with Gasteiger partial charge in [-0.05, 0) is 26.2 Å². The van der Waals surface area contributed by atoms with Gasteiger partial charge >= 0.3 is 0 Å². The van der Waals surface area contributed by atoms with Crippen molar-refractivity contribution in [3.8, 4) is 0 Å². The van der Waals surface area contributed by atoms with Gasteiger partial charge in [0.1, 0.15) is 22.6 Å². The fourth-order valence-corrected chi connectivity index (χ4v) is 3.00. The van der Waals surface area contributed by atoms with E-state index in [0.29, 0.717) is 34.2 Å². The topological polar surface area (TPSA) is 105 Å². The summed E-state index contributed by atoms with van der Waals surface area (Å²) in [6.07, 6.45) is 0.743. The number of carbonyl (C=O) groups excluding carboxylic acids is 1. The highest BCUT2D eigenvalue weighted by Gasteiger charge is 2.29. The predicted octanol–water partition coefficient (Wildman–Crippen LogP) is 2.47. The molecule has 0 saturated heterocycles. The molecule has 3 N–H and O–H groups in total. The third-order valence-electron chi connectivity index (χ3n) is 3.35. The number of hydrogen-bond acceptors (Lipinski definition) is 8. The number of nitrogens with one attached hydrogen (secondary N) is 3. The van der Waals surface area contributed by atoms with E-state index in [1.807, 2.05) is 13.8 Å². The van der Waals surface area contributed by atoms with Gasteiger partial charge in [0.25, 0.3) is 0 Å². The summed E-state index contributed by atoms with van der Waals surface area (Å²) in [5, 5.41) is 18.7. The molecular formula is C14H19N7OS. The number of aryl methyl sites for hydroxylation is 2. The van der Waals surface area contributed by atoms with Crippen molar-refractivity contribution in [1.82, 2.24) is 20.2 Å². The Hall–Kier alpha value is -2.29. The molecule has 0 aliphatic carbocycles. The van der Waals surface area contributed by atoms with E-state index < -0.39 is 0 Å². The summed E-state index contributed by atoms with van der Waals surface area (Å²) in [5.74, 6) is 2.10. The minimum atomic E-state index is -0.284. The zero-order valence-corrected chi connectivity index (χ0v) is 14.3. The molecule has 9 heteroatoms. The van der Waals surface area contributed by atoms with Gasteiger partial charge in [0.05, 0.1) is 0 Å². The molecule has 8 nitrogen and oxygen atoms in total. The predicted molar refractivity (Wildman–Crippen MR) is 90.2 cm³/mol. The fraction of sp³-hybridized carbons (Fsp3) is 0.500. The summed E-state index contributed by atoms with van der Waals surface area (Å²) in [4.78, 5) is 21.1. The van der Waals surface area contributed by atoms with E-state index in [-0.39, 0.29) is 11.9 Å². The zero-order chi connectivity index (χ0) is 16.6. The molecule has 23 heavy (non-hydrogen) atoms. The lowest BCUT2D eigenvalue weighted by atomic mass is 10.0. The number of anilines is 4. The van der Waals surface area contributed by atoms with Crippen LogP contribution in [-0.4, -0.2) is 32.1 Å². The lowest BCUT2D eigenvalue weighted by molar-refractivity contribution is -0.117. The third kappa shape index (κ3) is 3.39. The number of fused-ring (bicyclic) bond motifs is 1. The third-order valence-corrected chi connectivity index (χ3v) is 4.11. The van der Waals surface area contributed by atoms with Gasteiger partial charge in [-0.2, -0.15) is 0 Å². The first-order valence-corrected chi connectivity index (χ1v) is 8.27. The van der Waals surface area contributed by atoms with Gasteiger partial charge in [-0.25, -0.2) is 9.97 Å². The average molecular weight is 333 g/mol. The fourth-order valence-electron chi connectivity index (χ4n) is 2.41. The first kappa shape index (κ1) is 15.6. The number of amides is 1. The number of carbonyl (C=O) groups is 1. The van der Waals surface area contributed by atoms with Crippen LogP contribution in [0.2, 0.25) is 0 Å². The van der Waals surface area contributed by atoms with Crippen LogP contribution in [0.4, 0.5) is 22.5 Å². The van der Waals surface area contributed by atoms with Crippen molar-refractivity contribution >= 4 is 39.7 Å². The smallest absolute Gasteiger partial charge is 0.247 e. The first-order chi connectivity index (χ1) is 10.9. The molecule has 0 radical (unpaired) electrons. The van der Waals surface area contributed by atoms with E-state index in [2.05, 4.69) is 50.0 Å². The quantitative estimate of drug-likeness (QED) is 0.789. The second-order valence-electron chi connectivity index (χ2n) is 5.91. The van der Waals surface area contributed by atoms with Crippen molar-refractivity contribution in [2.75, 3.05) is 16.0 Å². The Kier molecular flexibility index (Phi) is 4.12. The highest BCUT2D eigenvalue weighted by molar-refractivity contribution is 7.15. The molecule has 0 spiro atoms. The standard InChI is InChI=1S/C14H19N7OS/c1-6(2)5-9-13(22)18-10-11(17-9)15-7(3)16-12(10)19-14-21-20-8(4)23-14/h6,9H,5H2,1-4H3,(H,18,22)(H2,15,16,17,19,21). The van der Waals surface area contributed by atoms with Gasteiger partial charge in [-0.15, -0.1) is 10.2 Å². The summed E-state index contributed by atoms with van der Waals surface area (Å²) in [7, 11) is 0. The molecule has 122 valence electrons. The molecule has 0 fully saturated rings. The Labute approximate surface area is 138 Å². The molecule has 2 aromatic rings. The van der Waals surface area contributed by atoms with Crippen molar-refractivity contribution in [1.29, 1.82) is 0 Å². The normalized spacial score (nSPS) is 16.7. The van der Waals surface area contributed by atoms with Crippen LogP contribution in [0.15, 0.2) is 0 Å². The molecule has 1 amide bonds. The lowest BCUT2D eigenvalue weighted by Crippen LogP contribution is -2.40. The maximum Gasteiger partial charge on any atom is 0.247 e. The Morgan fingerprint density at radius 3 is 2.70 bits per heavy atom. The molecular weight excluding hydrogens is 314 g/mol. The molecule has 0 saturated carbocycles. The molecule has 1 unspecified atom stereocenters. The molecule has 1 aliphatic heterocycles. The van der Waals surface area contributed by atoms with Crippen LogP contribution in [-0.2, 0) is 4.79 Å². The van der Waals surface area contributed by atoms with E-state index >= 15 is 0 Å². The van der Waals surface area contributed by atoms with Crippen LogP contribution in [0.25, 0.3) is 0 Å². The molecule has 2 aromatic heterocycles. The van der Waals surface area contributed by atoms with E-state index in [0.717, 1.165) is 11.4 Å². The van der Waals surface area contributed by atoms with Crippen molar-refractivity contribution in [2.24, 2.45) is 5.92 Å². The van der Waals surface area contributed by atoms with E-state index in [1.54, 1.807) is 0 Å². The summed E-state index contributed by atoms with van der Waals surface area (Å²) in [5.41, 5.74) is 0.549. The van der Waals surface area contributed by atoms with Gasteiger partial charge in [-0.3, -0.25) is 4.79 Å². The summed E-state index contributed by atoms with van der Waals surface area (Å²) >= 11 is 1.42. The van der Waals surface area contributed by atoms with Crippen LogP contribution >= 0.6 is 11.3 Å². The zero-order valence-electron chi connectivity index (χ0n) is 13.5.